The molecule has 2 aliphatic rings. The van der Waals surface area contributed by atoms with E-state index >= 15 is 0 Å². The smallest absolute Gasteiger partial charge is 0.222 e. The zero-order valence-corrected chi connectivity index (χ0v) is 21.5. The number of nitrogens with zero attached hydrogens (tertiary/aromatic N) is 1. The second kappa shape index (κ2) is 16.2. The molecule has 2 heterocycles. The van der Waals surface area contributed by atoms with Gasteiger partial charge in [0.25, 0.3) is 0 Å². The molecule has 2 saturated heterocycles. The normalized spacial score (nSPS) is 29.8. The van der Waals surface area contributed by atoms with Crippen LogP contribution in [0.4, 0.5) is 0 Å². The van der Waals surface area contributed by atoms with E-state index in [2.05, 4.69) is 10.6 Å². The molecule has 7 atom stereocenters. The summed E-state index contributed by atoms with van der Waals surface area (Å²) in [6.45, 7) is 1.55. The number of hydrogen-bond donors (Lipinski definition) is 7. The van der Waals surface area contributed by atoms with Gasteiger partial charge in [0.1, 0.15) is 24.4 Å². The fraction of sp³-hybridized carbons (Fsp3) is 0.875. The maximum absolute atomic E-state index is 12.3. The lowest BCUT2D eigenvalue weighted by molar-refractivity contribution is -0.270. The quantitative estimate of drug-likeness (QED) is 0.113. The number of unbranched alkanes of at least 4 members (excludes halogenated alkanes) is 3. The summed E-state index contributed by atoms with van der Waals surface area (Å²) < 4.78 is 11.1. The summed E-state index contributed by atoms with van der Waals surface area (Å²) in [7, 11) is 0. The lowest BCUT2D eigenvalue weighted by atomic mass is 9.97. The summed E-state index contributed by atoms with van der Waals surface area (Å²) in [4.78, 5) is 37.3. The summed E-state index contributed by atoms with van der Waals surface area (Å²) in [5, 5.41) is 53.9. The highest BCUT2D eigenvalue weighted by atomic mass is 16.7. The van der Waals surface area contributed by atoms with Crippen LogP contribution in [0, 0.1) is 0 Å². The molecule has 0 aliphatic carbocycles. The second-order valence-electron chi connectivity index (χ2n) is 9.69. The molecule has 214 valence electrons. The average molecular weight is 534 g/mol. The Bertz CT molecular complexity index is 727. The minimum Gasteiger partial charge on any atom is -0.394 e. The Kier molecular flexibility index (Phi) is 13.7. The van der Waals surface area contributed by atoms with E-state index in [0.717, 1.165) is 12.8 Å². The number of amides is 3. The molecule has 6 unspecified atom stereocenters. The third-order valence-corrected chi connectivity index (χ3v) is 6.64. The standard InChI is InChI=1S/C24H43N3O10/c1-15(30)26-21-23(35)22(34)18(14-29)37-24(21)36-10-6-4-7-19(32)25-9-5-2-3-8-20(33)27-12-17(31)11-16(27)13-28/h16-18,21-24,28-29,31,34-35H,2-14H2,1H3,(H,25,32)(H,26,30)/t16?,17-,18?,21?,22?,23?,24?/m1/s1. The fourth-order valence-electron chi connectivity index (χ4n) is 4.61. The van der Waals surface area contributed by atoms with Gasteiger partial charge in [0.05, 0.1) is 25.4 Å². The molecule has 0 spiro atoms. The van der Waals surface area contributed by atoms with Crippen LogP contribution >= 0.6 is 0 Å². The van der Waals surface area contributed by atoms with Gasteiger partial charge in [-0.3, -0.25) is 14.4 Å². The van der Waals surface area contributed by atoms with Crippen molar-refractivity contribution in [3.05, 3.63) is 0 Å². The van der Waals surface area contributed by atoms with Crippen LogP contribution in [-0.2, 0) is 23.9 Å². The van der Waals surface area contributed by atoms with E-state index < -0.39 is 49.3 Å². The highest BCUT2D eigenvalue weighted by molar-refractivity contribution is 5.77. The minimum absolute atomic E-state index is 0.0681. The van der Waals surface area contributed by atoms with E-state index in [1.54, 1.807) is 4.90 Å². The van der Waals surface area contributed by atoms with Gasteiger partial charge in [-0.1, -0.05) is 6.42 Å². The minimum atomic E-state index is -1.37. The first-order chi connectivity index (χ1) is 17.7. The molecule has 2 aliphatic heterocycles. The van der Waals surface area contributed by atoms with Gasteiger partial charge >= 0.3 is 0 Å². The molecule has 2 rings (SSSR count). The van der Waals surface area contributed by atoms with Gasteiger partial charge in [-0.15, -0.1) is 0 Å². The van der Waals surface area contributed by atoms with Gasteiger partial charge in [-0.2, -0.15) is 0 Å². The monoisotopic (exact) mass is 533 g/mol. The number of ether oxygens (including phenoxy) is 2. The number of β-amino-alcohol motifs (C(OH)–C–C–N with tert-alkyl or cyclic N) is 1. The van der Waals surface area contributed by atoms with E-state index in [0.29, 0.717) is 45.1 Å². The highest BCUT2D eigenvalue weighted by Gasteiger charge is 2.45. The van der Waals surface area contributed by atoms with Gasteiger partial charge in [-0.05, 0) is 32.1 Å². The first-order valence-electron chi connectivity index (χ1n) is 13.0. The largest absolute Gasteiger partial charge is 0.394 e. The molecule has 13 heteroatoms. The Labute approximate surface area is 217 Å². The van der Waals surface area contributed by atoms with E-state index in [1.165, 1.54) is 6.92 Å². The summed E-state index contributed by atoms with van der Waals surface area (Å²) >= 11 is 0. The van der Waals surface area contributed by atoms with Crippen LogP contribution < -0.4 is 10.6 Å². The summed E-state index contributed by atoms with van der Waals surface area (Å²) in [5.74, 6) is -0.598. The number of carbonyl (C=O) groups is 3. The lowest BCUT2D eigenvalue weighted by Crippen LogP contribution is -2.64. The molecule has 3 amide bonds. The molecule has 13 nitrogen and oxygen atoms in total. The maximum Gasteiger partial charge on any atom is 0.222 e. The Morgan fingerprint density at radius 1 is 0.973 bits per heavy atom. The molecule has 0 aromatic rings. The lowest BCUT2D eigenvalue weighted by Gasteiger charge is -2.42. The first-order valence-corrected chi connectivity index (χ1v) is 13.0. The number of nitrogens with one attached hydrogen (secondary N) is 2. The van der Waals surface area contributed by atoms with Crippen molar-refractivity contribution in [2.75, 3.05) is 32.9 Å². The van der Waals surface area contributed by atoms with Crippen molar-refractivity contribution < 1.29 is 49.4 Å². The van der Waals surface area contributed by atoms with E-state index in [9.17, 15) is 39.9 Å². The van der Waals surface area contributed by atoms with Gasteiger partial charge in [-0.25, -0.2) is 0 Å². The van der Waals surface area contributed by atoms with Crippen molar-refractivity contribution in [1.29, 1.82) is 0 Å². The average Bonchev–Trinajstić information content (AvgIpc) is 3.25. The van der Waals surface area contributed by atoms with Crippen LogP contribution in [0.5, 0.6) is 0 Å². The third-order valence-electron chi connectivity index (χ3n) is 6.64. The van der Waals surface area contributed by atoms with E-state index in [4.69, 9.17) is 9.47 Å². The zero-order chi connectivity index (χ0) is 27.4. The molecule has 37 heavy (non-hydrogen) atoms. The van der Waals surface area contributed by atoms with Gasteiger partial charge in [0.2, 0.25) is 17.7 Å². The SMILES string of the molecule is CC(=O)NC1C(OCCCCC(=O)NCCCCCC(=O)N2C[C@H](O)CC2CO)OC(CO)C(O)C1O. The zero-order valence-electron chi connectivity index (χ0n) is 21.5. The van der Waals surface area contributed by atoms with Crippen LogP contribution in [0.25, 0.3) is 0 Å². The highest BCUT2D eigenvalue weighted by Crippen LogP contribution is 2.23. The number of aliphatic hydroxyl groups is 5. The molecule has 0 saturated carbocycles. The van der Waals surface area contributed by atoms with Crippen LogP contribution in [0.1, 0.15) is 58.3 Å². The number of hydrogen-bond acceptors (Lipinski definition) is 10. The van der Waals surface area contributed by atoms with Gasteiger partial charge in [0.15, 0.2) is 6.29 Å². The Morgan fingerprint density at radius 3 is 2.38 bits per heavy atom. The topological polar surface area (TPSA) is 198 Å². The van der Waals surface area contributed by atoms with Crippen molar-refractivity contribution in [1.82, 2.24) is 15.5 Å². The van der Waals surface area contributed by atoms with Gasteiger partial charge < -0.3 is 50.5 Å². The Morgan fingerprint density at radius 2 is 1.70 bits per heavy atom. The van der Waals surface area contributed by atoms with E-state index in [1.807, 2.05) is 0 Å². The van der Waals surface area contributed by atoms with E-state index in [-0.39, 0.29) is 37.6 Å². The molecular formula is C24H43N3O10. The van der Waals surface area contributed by atoms with Crippen LogP contribution in [0.3, 0.4) is 0 Å². The van der Waals surface area contributed by atoms with Crippen molar-refractivity contribution in [3.8, 4) is 0 Å². The van der Waals surface area contributed by atoms with Crippen molar-refractivity contribution in [2.24, 2.45) is 0 Å². The third kappa shape index (κ3) is 10.1. The Balaban J connectivity index is 1.55. The molecule has 0 bridgehead atoms. The molecule has 2 fully saturated rings. The molecule has 0 radical (unpaired) electrons. The van der Waals surface area contributed by atoms with Gasteiger partial charge in [0, 0.05) is 39.5 Å². The first kappa shape index (κ1) is 31.3. The predicted octanol–water partition coefficient (Wildman–Crippen LogP) is -2.25. The van der Waals surface area contributed by atoms with Crippen molar-refractivity contribution >= 4 is 17.7 Å². The van der Waals surface area contributed by atoms with Crippen molar-refractivity contribution in [2.45, 2.75) is 101 Å². The number of aliphatic hydroxyl groups excluding tert-OH is 5. The van der Waals surface area contributed by atoms with Crippen LogP contribution in [0.15, 0.2) is 0 Å². The van der Waals surface area contributed by atoms with Crippen molar-refractivity contribution in [3.63, 3.8) is 0 Å². The fourth-order valence-corrected chi connectivity index (χ4v) is 4.61. The second-order valence-corrected chi connectivity index (χ2v) is 9.69. The summed E-state index contributed by atoms with van der Waals surface area (Å²) in [6, 6.07) is -1.30. The predicted molar refractivity (Wildman–Crippen MR) is 130 cm³/mol. The molecule has 0 aromatic heterocycles. The number of carbonyl (C=O) groups excluding carboxylic acids is 3. The molecule has 0 aromatic carbocycles. The summed E-state index contributed by atoms with van der Waals surface area (Å²) in [6.07, 6.45) is -1.13. The number of rotatable bonds is 15. The van der Waals surface area contributed by atoms with Crippen LogP contribution in [0.2, 0.25) is 0 Å². The molecule has 7 N–H and O–H groups in total. The number of likely N-dealkylation sites (tertiary alicyclic amines) is 1. The summed E-state index contributed by atoms with van der Waals surface area (Å²) in [5.41, 5.74) is 0. The van der Waals surface area contributed by atoms with Crippen LogP contribution in [-0.4, -0.2) is 124 Å². The Hall–Kier alpha value is -1.87. The molecular weight excluding hydrogens is 490 g/mol. The maximum atomic E-state index is 12.3.